The van der Waals surface area contributed by atoms with Crippen LogP contribution >= 0.6 is 15.9 Å². The van der Waals surface area contributed by atoms with E-state index in [1.54, 1.807) is 12.1 Å². The zero-order valence-corrected chi connectivity index (χ0v) is 24.5. The van der Waals surface area contributed by atoms with Gasteiger partial charge in [0.2, 0.25) is 0 Å². The number of hydrogen-bond acceptors (Lipinski definition) is 7. The third kappa shape index (κ3) is 5.48. The van der Waals surface area contributed by atoms with Gasteiger partial charge in [0.25, 0.3) is 11.8 Å². The molecule has 1 aliphatic heterocycles. The van der Waals surface area contributed by atoms with Gasteiger partial charge in [0.1, 0.15) is 12.2 Å². The Bertz CT molecular complexity index is 1780. The Hall–Kier alpha value is -4.96. The molecule has 0 spiro atoms. The Balaban J connectivity index is 1.43. The summed E-state index contributed by atoms with van der Waals surface area (Å²) in [7, 11) is 2.74. The van der Waals surface area contributed by atoms with Crippen molar-refractivity contribution in [1.82, 2.24) is 5.32 Å². The van der Waals surface area contributed by atoms with E-state index in [9.17, 15) is 19.2 Å². The summed E-state index contributed by atoms with van der Waals surface area (Å²) < 4.78 is 17.0. The van der Waals surface area contributed by atoms with E-state index < -0.39 is 23.8 Å². The van der Waals surface area contributed by atoms with E-state index in [1.807, 2.05) is 25.1 Å². The molecule has 0 unspecified atom stereocenters. The fraction of sp³-hybridized carbons (Fsp3) is 0.125. The van der Waals surface area contributed by atoms with Crippen LogP contribution < -0.4 is 19.7 Å². The zero-order valence-electron chi connectivity index (χ0n) is 22.9. The van der Waals surface area contributed by atoms with Crippen molar-refractivity contribution < 1.29 is 33.4 Å². The van der Waals surface area contributed by atoms with Gasteiger partial charge >= 0.3 is 12.0 Å². The van der Waals surface area contributed by atoms with Crippen LogP contribution in [0.25, 0.3) is 16.8 Å². The average Bonchev–Trinajstić information content (AvgIpc) is 2.99. The van der Waals surface area contributed by atoms with Crippen LogP contribution in [0.5, 0.6) is 11.5 Å². The standard InChI is InChI=1S/C32H25BrN2O7/c1-18-8-9-20-6-4-5-7-23(20)25(18)17-42-28-26(33)15-19(16-27(28)40-2)14-24-29(36)34-32(39)35(30(24)37)22-12-10-21(11-13-22)31(38)41-3/h4-16H,17H2,1-3H3,(H,34,36,39)/b24-14+. The molecule has 1 N–H and O–H groups in total. The molecule has 1 heterocycles. The van der Waals surface area contributed by atoms with Crippen LogP contribution in [-0.4, -0.2) is 38.0 Å². The Morgan fingerprint density at radius 1 is 0.976 bits per heavy atom. The number of ether oxygens (including phenoxy) is 3. The fourth-order valence-electron chi connectivity index (χ4n) is 4.67. The minimum Gasteiger partial charge on any atom is -0.493 e. The van der Waals surface area contributed by atoms with Gasteiger partial charge in [0.15, 0.2) is 11.5 Å². The number of halogens is 1. The molecule has 1 fully saturated rings. The van der Waals surface area contributed by atoms with Crippen molar-refractivity contribution in [2.75, 3.05) is 19.1 Å². The Labute approximate surface area is 249 Å². The number of imide groups is 2. The van der Waals surface area contributed by atoms with Crippen molar-refractivity contribution in [1.29, 1.82) is 0 Å². The first-order valence-corrected chi connectivity index (χ1v) is 13.6. The van der Waals surface area contributed by atoms with Gasteiger partial charge in [-0.3, -0.25) is 14.9 Å². The highest BCUT2D eigenvalue weighted by Gasteiger charge is 2.37. The number of urea groups is 1. The number of anilines is 1. The number of barbiturate groups is 1. The number of carbonyl (C=O) groups excluding carboxylic acids is 4. The first-order chi connectivity index (χ1) is 20.2. The molecule has 0 saturated carbocycles. The molecular formula is C32H25BrN2O7. The minimum atomic E-state index is -0.904. The second kappa shape index (κ2) is 11.9. The van der Waals surface area contributed by atoms with E-state index in [1.165, 1.54) is 44.6 Å². The molecule has 0 aliphatic carbocycles. The van der Waals surface area contributed by atoms with Crippen molar-refractivity contribution in [3.05, 3.63) is 105 Å². The summed E-state index contributed by atoms with van der Waals surface area (Å²) in [6, 6.07) is 20.3. The van der Waals surface area contributed by atoms with E-state index in [0.29, 0.717) is 21.5 Å². The number of amides is 4. The highest BCUT2D eigenvalue weighted by atomic mass is 79.9. The van der Waals surface area contributed by atoms with E-state index in [4.69, 9.17) is 9.47 Å². The molecule has 5 rings (SSSR count). The maximum Gasteiger partial charge on any atom is 0.337 e. The number of carbonyl (C=O) groups is 4. The topological polar surface area (TPSA) is 111 Å². The first kappa shape index (κ1) is 28.6. The van der Waals surface area contributed by atoms with Gasteiger partial charge in [-0.2, -0.15) is 0 Å². The molecule has 1 saturated heterocycles. The summed E-state index contributed by atoms with van der Waals surface area (Å²) in [5.74, 6) is -1.39. The van der Waals surface area contributed by atoms with Gasteiger partial charge < -0.3 is 14.2 Å². The highest BCUT2D eigenvalue weighted by Crippen LogP contribution is 2.38. The number of rotatable bonds is 7. The smallest absolute Gasteiger partial charge is 0.337 e. The lowest BCUT2D eigenvalue weighted by molar-refractivity contribution is -0.122. The molecule has 0 radical (unpaired) electrons. The predicted octanol–water partition coefficient (Wildman–Crippen LogP) is 5.95. The SMILES string of the molecule is COC(=O)c1ccc(N2C(=O)NC(=O)/C(=C\c3cc(Br)c(OCc4c(C)ccc5ccccc45)c(OC)c3)C2=O)cc1. The van der Waals surface area contributed by atoms with Crippen LogP contribution in [-0.2, 0) is 20.9 Å². The van der Waals surface area contributed by atoms with E-state index >= 15 is 0 Å². The van der Waals surface area contributed by atoms with Gasteiger partial charge in [-0.25, -0.2) is 14.5 Å². The normalized spacial score (nSPS) is 14.2. The fourth-order valence-corrected chi connectivity index (χ4v) is 5.24. The summed E-state index contributed by atoms with van der Waals surface area (Å²) in [5, 5.41) is 4.39. The number of esters is 1. The van der Waals surface area contributed by atoms with Crippen molar-refractivity contribution in [2.45, 2.75) is 13.5 Å². The van der Waals surface area contributed by atoms with Crippen LogP contribution in [0, 0.1) is 6.92 Å². The summed E-state index contributed by atoms with van der Waals surface area (Å²) in [6.45, 7) is 2.32. The van der Waals surface area contributed by atoms with Crippen LogP contribution in [0.1, 0.15) is 27.0 Å². The van der Waals surface area contributed by atoms with Crippen LogP contribution in [0.15, 0.2) is 82.8 Å². The van der Waals surface area contributed by atoms with Crippen molar-refractivity contribution in [3.8, 4) is 11.5 Å². The predicted molar refractivity (Wildman–Crippen MR) is 160 cm³/mol. The molecule has 212 valence electrons. The van der Waals surface area contributed by atoms with E-state index in [2.05, 4.69) is 44.2 Å². The summed E-state index contributed by atoms with van der Waals surface area (Å²) in [5.41, 5.74) is 2.75. The number of aryl methyl sites for hydroxylation is 1. The Morgan fingerprint density at radius 3 is 2.43 bits per heavy atom. The molecular weight excluding hydrogens is 604 g/mol. The van der Waals surface area contributed by atoms with Crippen LogP contribution in [0.4, 0.5) is 10.5 Å². The summed E-state index contributed by atoms with van der Waals surface area (Å²) in [4.78, 5) is 51.2. The van der Waals surface area contributed by atoms with Gasteiger partial charge in [0, 0.05) is 5.56 Å². The largest absolute Gasteiger partial charge is 0.493 e. The first-order valence-electron chi connectivity index (χ1n) is 12.8. The van der Waals surface area contributed by atoms with Crippen molar-refractivity contribution in [2.24, 2.45) is 0 Å². The number of benzene rings is 4. The van der Waals surface area contributed by atoms with Crippen molar-refractivity contribution >= 4 is 62.3 Å². The van der Waals surface area contributed by atoms with Crippen LogP contribution in [0.3, 0.4) is 0 Å². The third-order valence-corrected chi connectivity index (χ3v) is 7.44. The molecule has 0 aromatic heterocycles. The van der Waals surface area contributed by atoms with Crippen LogP contribution in [0.2, 0.25) is 0 Å². The highest BCUT2D eigenvalue weighted by molar-refractivity contribution is 9.10. The molecule has 0 atom stereocenters. The quantitative estimate of drug-likeness (QED) is 0.153. The Morgan fingerprint density at radius 2 is 1.71 bits per heavy atom. The maximum absolute atomic E-state index is 13.3. The van der Waals surface area contributed by atoms with E-state index in [0.717, 1.165) is 26.8 Å². The number of hydrogen-bond donors (Lipinski definition) is 1. The zero-order chi connectivity index (χ0) is 30.0. The molecule has 0 bridgehead atoms. The number of methoxy groups -OCH3 is 2. The van der Waals surface area contributed by atoms with E-state index in [-0.39, 0.29) is 23.4 Å². The molecule has 4 aromatic rings. The average molecular weight is 629 g/mol. The monoisotopic (exact) mass is 628 g/mol. The van der Waals surface area contributed by atoms with Gasteiger partial charge in [-0.1, -0.05) is 36.4 Å². The molecule has 4 aromatic carbocycles. The summed E-state index contributed by atoms with van der Waals surface area (Å²) >= 11 is 3.54. The molecule has 1 aliphatic rings. The minimum absolute atomic E-state index is 0.176. The molecule has 42 heavy (non-hydrogen) atoms. The number of fused-ring (bicyclic) bond motifs is 1. The lowest BCUT2D eigenvalue weighted by atomic mass is 10.0. The lowest BCUT2D eigenvalue weighted by Crippen LogP contribution is -2.54. The summed E-state index contributed by atoms with van der Waals surface area (Å²) in [6.07, 6.45) is 1.37. The Kier molecular flexibility index (Phi) is 8.08. The van der Waals surface area contributed by atoms with Gasteiger partial charge in [-0.05, 0) is 87.2 Å². The second-order valence-electron chi connectivity index (χ2n) is 9.40. The maximum atomic E-state index is 13.3. The molecule has 10 heteroatoms. The number of nitrogens with one attached hydrogen (secondary N) is 1. The molecule has 9 nitrogen and oxygen atoms in total. The number of nitrogens with zero attached hydrogens (tertiary/aromatic N) is 1. The second-order valence-corrected chi connectivity index (χ2v) is 10.3. The van der Waals surface area contributed by atoms with Crippen molar-refractivity contribution in [3.63, 3.8) is 0 Å². The van der Waals surface area contributed by atoms with Gasteiger partial charge in [-0.15, -0.1) is 0 Å². The lowest BCUT2D eigenvalue weighted by Gasteiger charge is -2.26. The molecule has 4 amide bonds. The van der Waals surface area contributed by atoms with Gasteiger partial charge in [0.05, 0.1) is 29.9 Å². The third-order valence-electron chi connectivity index (χ3n) is 6.85.